The third-order valence-electron chi connectivity index (χ3n) is 3.29. The lowest BCUT2D eigenvalue weighted by molar-refractivity contribution is 0.170. The summed E-state index contributed by atoms with van der Waals surface area (Å²) < 4.78 is 28.7. The molecule has 1 N–H and O–H groups in total. The molecule has 0 saturated carbocycles. The van der Waals surface area contributed by atoms with Gasteiger partial charge in [-0.25, -0.2) is 8.78 Å². The van der Waals surface area contributed by atoms with Crippen molar-refractivity contribution in [3.05, 3.63) is 50.8 Å². The van der Waals surface area contributed by atoms with Crippen LogP contribution in [0.25, 0.3) is 0 Å². The third-order valence-corrected chi connectivity index (χ3v) is 4.01. The van der Waals surface area contributed by atoms with Crippen LogP contribution in [0.3, 0.4) is 0 Å². The van der Waals surface area contributed by atoms with Gasteiger partial charge < -0.3 is 5.11 Å². The van der Waals surface area contributed by atoms with Gasteiger partial charge in [-0.1, -0.05) is 30.1 Å². The molecule has 114 valence electrons. The zero-order valence-electron chi connectivity index (χ0n) is 11.5. The second-order valence-corrected chi connectivity index (χ2v) is 5.48. The number of aliphatic hydroxyl groups excluding tert-OH is 1. The van der Waals surface area contributed by atoms with Crippen LogP contribution in [0.15, 0.2) is 12.1 Å². The quantitative estimate of drug-likeness (QED) is 0.862. The fourth-order valence-corrected chi connectivity index (χ4v) is 2.65. The van der Waals surface area contributed by atoms with Crippen molar-refractivity contribution in [1.29, 1.82) is 0 Å². The minimum absolute atomic E-state index is 0.0281. The lowest BCUT2D eigenvalue weighted by Crippen LogP contribution is -2.09. The van der Waals surface area contributed by atoms with Gasteiger partial charge in [0.05, 0.1) is 27.5 Å². The van der Waals surface area contributed by atoms with Crippen molar-refractivity contribution in [1.82, 2.24) is 9.78 Å². The molecule has 2 aromatic rings. The predicted molar refractivity (Wildman–Crippen MR) is 77.6 cm³/mol. The second kappa shape index (κ2) is 6.30. The van der Waals surface area contributed by atoms with E-state index in [4.69, 9.17) is 23.2 Å². The highest BCUT2D eigenvalue weighted by Crippen LogP contribution is 2.29. The van der Waals surface area contributed by atoms with E-state index in [1.54, 1.807) is 7.05 Å². The lowest BCUT2D eigenvalue weighted by atomic mass is 10.0. The van der Waals surface area contributed by atoms with Crippen LogP contribution in [-0.4, -0.2) is 14.9 Å². The number of hydrogen-bond donors (Lipinski definition) is 1. The van der Waals surface area contributed by atoms with Gasteiger partial charge >= 0.3 is 0 Å². The number of benzene rings is 1. The van der Waals surface area contributed by atoms with Crippen LogP contribution in [0.1, 0.15) is 30.0 Å². The van der Waals surface area contributed by atoms with E-state index < -0.39 is 17.7 Å². The minimum atomic E-state index is -1.24. The molecular weight excluding hydrogens is 321 g/mol. The first-order valence-electron chi connectivity index (χ1n) is 6.37. The van der Waals surface area contributed by atoms with Crippen molar-refractivity contribution in [2.75, 3.05) is 0 Å². The highest BCUT2D eigenvalue weighted by Gasteiger charge is 2.21. The van der Waals surface area contributed by atoms with Crippen LogP contribution >= 0.6 is 23.2 Å². The predicted octanol–water partition coefficient (Wildman–Crippen LogP) is 3.84. The van der Waals surface area contributed by atoms with E-state index in [0.29, 0.717) is 22.8 Å². The maximum Gasteiger partial charge on any atom is 0.142 e. The smallest absolute Gasteiger partial charge is 0.142 e. The molecule has 0 radical (unpaired) electrons. The van der Waals surface area contributed by atoms with Crippen molar-refractivity contribution in [2.45, 2.75) is 25.9 Å². The van der Waals surface area contributed by atoms with E-state index in [2.05, 4.69) is 5.10 Å². The van der Waals surface area contributed by atoms with E-state index in [-0.39, 0.29) is 17.0 Å². The maximum absolute atomic E-state index is 13.8. The zero-order chi connectivity index (χ0) is 15.7. The van der Waals surface area contributed by atoms with Gasteiger partial charge in [0.15, 0.2) is 0 Å². The molecule has 1 heterocycles. The molecule has 21 heavy (non-hydrogen) atoms. The summed E-state index contributed by atoms with van der Waals surface area (Å²) in [5.41, 5.74) is 1.10. The SMILES string of the molecule is CCc1nn(C)c(CC(O)c2cc(F)c(Cl)cc2F)c1Cl. The molecule has 0 aliphatic heterocycles. The number of aromatic nitrogens is 2. The molecule has 0 amide bonds. The molecule has 1 unspecified atom stereocenters. The molecular formula is C14H14Cl2F2N2O. The summed E-state index contributed by atoms with van der Waals surface area (Å²) in [6.07, 6.45) is -0.568. The van der Waals surface area contributed by atoms with Crippen LogP contribution in [0.2, 0.25) is 10.0 Å². The molecule has 3 nitrogen and oxygen atoms in total. The highest BCUT2D eigenvalue weighted by molar-refractivity contribution is 6.32. The summed E-state index contributed by atoms with van der Waals surface area (Å²) in [5.74, 6) is -1.54. The average molecular weight is 335 g/mol. The van der Waals surface area contributed by atoms with Crippen molar-refractivity contribution in [3.63, 3.8) is 0 Å². The molecule has 0 spiro atoms. The van der Waals surface area contributed by atoms with Crippen LogP contribution < -0.4 is 0 Å². The Morgan fingerprint density at radius 3 is 2.52 bits per heavy atom. The third kappa shape index (κ3) is 3.20. The standard InChI is InChI=1S/C14H14Cl2F2N2O/c1-3-11-14(16)12(20(2)19-11)6-13(21)7-4-10(18)8(15)5-9(7)17/h4-5,13,21H,3,6H2,1-2H3. The zero-order valence-corrected chi connectivity index (χ0v) is 13.0. The number of hydrogen-bond acceptors (Lipinski definition) is 2. The Bertz CT molecular complexity index is 673. The summed E-state index contributed by atoms with van der Waals surface area (Å²) >= 11 is 11.7. The first-order chi connectivity index (χ1) is 9.85. The largest absolute Gasteiger partial charge is 0.388 e. The lowest BCUT2D eigenvalue weighted by Gasteiger charge is -2.13. The number of halogens is 4. The Morgan fingerprint density at radius 2 is 1.95 bits per heavy atom. The fraction of sp³-hybridized carbons (Fsp3) is 0.357. The summed E-state index contributed by atoms with van der Waals surface area (Å²) in [5, 5.41) is 14.5. The molecule has 0 bridgehead atoms. The van der Waals surface area contributed by atoms with E-state index in [1.807, 2.05) is 6.92 Å². The molecule has 7 heteroatoms. The molecule has 0 aliphatic carbocycles. The molecule has 1 aromatic carbocycles. The summed E-state index contributed by atoms with van der Waals surface area (Å²) in [7, 11) is 1.69. The van der Waals surface area contributed by atoms with Gasteiger partial charge in [0, 0.05) is 19.0 Å². The minimum Gasteiger partial charge on any atom is -0.388 e. The Hall–Kier alpha value is -1.17. The summed E-state index contributed by atoms with van der Waals surface area (Å²) in [4.78, 5) is 0. The van der Waals surface area contributed by atoms with Gasteiger partial charge in [0.1, 0.15) is 11.6 Å². The Labute approximate surface area is 131 Å². The summed E-state index contributed by atoms with van der Waals surface area (Å²) in [6, 6.07) is 1.74. The molecule has 1 aromatic heterocycles. The number of rotatable bonds is 4. The first-order valence-corrected chi connectivity index (χ1v) is 7.13. The normalized spacial score (nSPS) is 12.7. The van der Waals surface area contributed by atoms with Crippen LogP contribution in [0, 0.1) is 11.6 Å². The van der Waals surface area contributed by atoms with Crippen LogP contribution in [-0.2, 0) is 19.9 Å². The Balaban J connectivity index is 2.32. The van der Waals surface area contributed by atoms with E-state index >= 15 is 0 Å². The highest BCUT2D eigenvalue weighted by atomic mass is 35.5. The van der Waals surface area contributed by atoms with Gasteiger partial charge in [0.25, 0.3) is 0 Å². The van der Waals surface area contributed by atoms with Gasteiger partial charge in [-0.3, -0.25) is 4.68 Å². The first kappa shape index (κ1) is 16.2. The molecule has 0 saturated heterocycles. The van der Waals surface area contributed by atoms with Crippen molar-refractivity contribution < 1.29 is 13.9 Å². The van der Waals surface area contributed by atoms with E-state index in [1.165, 1.54) is 4.68 Å². The maximum atomic E-state index is 13.8. The molecule has 0 fully saturated rings. The molecule has 0 aliphatic rings. The van der Waals surface area contributed by atoms with Crippen molar-refractivity contribution in [3.8, 4) is 0 Å². The Kier molecular flexibility index (Phi) is 4.86. The molecule has 1 atom stereocenters. The second-order valence-electron chi connectivity index (χ2n) is 4.69. The topological polar surface area (TPSA) is 38.0 Å². The van der Waals surface area contributed by atoms with Gasteiger partial charge in [0.2, 0.25) is 0 Å². The van der Waals surface area contributed by atoms with Crippen LogP contribution in [0.5, 0.6) is 0 Å². The average Bonchev–Trinajstić information content (AvgIpc) is 2.70. The summed E-state index contributed by atoms with van der Waals surface area (Å²) in [6.45, 7) is 1.91. The van der Waals surface area contributed by atoms with Crippen LogP contribution in [0.4, 0.5) is 8.78 Å². The Morgan fingerprint density at radius 1 is 1.29 bits per heavy atom. The monoisotopic (exact) mass is 334 g/mol. The van der Waals surface area contributed by atoms with Crippen molar-refractivity contribution in [2.24, 2.45) is 7.05 Å². The number of nitrogens with zero attached hydrogens (tertiary/aromatic N) is 2. The van der Waals surface area contributed by atoms with Gasteiger partial charge in [-0.15, -0.1) is 0 Å². The van der Waals surface area contributed by atoms with Gasteiger partial charge in [-0.05, 0) is 18.6 Å². The van der Waals surface area contributed by atoms with Gasteiger partial charge in [-0.2, -0.15) is 5.10 Å². The number of aliphatic hydroxyl groups is 1. The van der Waals surface area contributed by atoms with E-state index in [9.17, 15) is 13.9 Å². The van der Waals surface area contributed by atoms with Crippen molar-refractivity contribution >= 4 is 23.2 Å². The fourth-order valence-electron chi connectivity index (χ4n) is 2.13. The number of aryl methyl sites for hydroxylation is 2. The molecule has 2 rings (SSSR count). The van der Waals surface area contributed by atoms with E-state index in [0.717, 1.165) is 12.1 Å².